The van der Waals surface area contributed by atoms with Crippen LogP contribution in [0.15, 0.2) is 24.5 Å². The smallest absolute Gasteiger partial charge is 0.202 e. The van der Waals surface area contributed by atoms with Crippen molar-refractivity contribution in [3.05, 3.63) is 35.9 Å². The molecule has 0 amide bonds. The summed E-state index contributed by atoms with van der Waals surface area (Å²) >= 11 is 0. The van der Waals surface area contributed by atoms with Gasteiger partial charge in [-0.1, -0.05) is 0 Å². The molecule has 0 spiro atoms. The fourth-order valence-corrected chi connectivity index (χ4v) is 1.79. The highest BCUT2D eigenvalue weighted by molar-refractivity contribution is 5.51. The molecule has 0 N–H and O–H groups in total. The summed E-state index contributed by atoms with van der Waals surface area (Å²) in [6.45, 7) is 7.49. The number of aromatic nitrogens is 2. The molecule has 2 heteroatoms. The molecule has 68 valence electrons. The molecule has 0 fully saturated rings. The van der Waals surface area contributed by atoms with Crippen LogP contribution in [0.3, 0.4) is 0 Å². The first-order valence-corrected chi connectivity index (χ1v) is 4.70. The lowest BCUT2D eigenvalue weighted by molar-refractivity contribution is -0.698. The number of aryl methyl sites for hydroxylation is 3. The summed E-state index contributed by atoms with van der Waals surface area (Å²) in [6.07, 6.45) is 4.26. The predicted molar refractivity (Wildman–Crippen MR) is 52.7 cm³/mol. The highest BCUT2D eigenvalue weighted by atomic mass is 15.0. The van der Waals surface area contributed by atoms with Crippen molar-refractivity contribution in [2.45, 2.75) is 27.3 Å². The molecule has 0 unspecified atom stereocenters. The van der Waals surface area contributed by atoms with Crippen molar-refractivity contribution in [1.82, 2.24) is 4.40 Å². The van der Waals surface area contributed by atoms with E-state index in [1.807, 2.05) is 0 Å². The van der Waals surface area contributed by atoms with Crippen molar-refractivity contribution in [2.24, 2.45) is 0 Å². The van der Waals surface area contributed by atoms with E-state index < -0.39 is 0 Å². The van der Waals surface area contributed by atoms with Crippen molar-refractivity contribution >= 4 is 5.52 Å². The van der Waals surface area contributed by atoms with E-state index in [2.05, 4.69) is 54.3 Å². The van der Waals surface area contributed by atoms with Crippen molar-refractivity contribution < 1.29 is 4.57 Å². The molecule has 0 saturated carbocycles. The first-order valence-electron chi connectivity index (χ1n) is 4.70. The summed E-state index contributed by atoms with van der Waals surface area (Å²) in [7, 11) is 0. The summed E-state index contributed by atoms with van der Waals surface area (Å²) in [4.78, 5) is 0. The largest absolute Gasteiger partial charge is 0.310 e. The number of fused-ring (bicyclic) bond motifs is 1. The molecule has 0 aromatic carbocycles. The molecule has 0 radical (unpaired) electrons. The molecule has 0 aliphatic rings. The molecule has 2 aromatic heterocycles. The van der Waals surface area contributed by atoms with Crippen LogP contribution in [0.1, 0.15) is 18.3 Å². The molecule has 0 bridgehead atoms. The topological polar surface area (TPSA) is 8.29 Å². The second kappa shape index (κ2) is 2.87. The molecule has 0 aliphatic carbocycles. The number of nitrogens with zero attached hydrogens (tertiary/aromatic N) is 2. The maximum atomic E-state index is 2.26. The van der Waals surface area contributed by atoms with E-state index in [1.165, 1.54) is 16.9 Å². The van der Waals surface area contributed by atoms with Crippen molar-refractivity contribution in [3.63, 3.8) is 0 Å². The molecule has 0 atom stereocenters. The van der Waals surface area contributed by atoms with Gasteiger partial charge in [0.25, 0.3) is 0 Å². The van der Waals surface area contributed by atoms with Crippen LogP contribution in [0.4, 0.5) is 0 Å². The van der Waals surface area contributed by atoms with Gasteiger partial charge in [0, 0.05) is 12.6 Å². The Hall–Kier alpha value is -1.31. The fourth-order valence-electron chi connectivity index (χ4n) is 1.79. The Bertz CT molecular complexity index is 441. The maximum Gasteiger partial charge on any atom is 0.202 e. The summed E-state index contributed by atoms with van der Waals surface area (Å²) in [5, 5.41) is 0. The summed E-state index contributed by atoms with van der Waals surface area (Å²) < 4.78 is 4.48. The minimum atomic E-state index is 1.03. The van der Waals surface area contributed by atoms with E-state index in [0.29, 0.717) is 0 Å². The average Bonchev–Trinajstić information content (AvgIpc) is 2.50. The summed E-state index contributed by atoms with van der Waals surface area (Å²) in [5.41, 5.74) is 3.93. The van der Waals surface area contributed by atoms with Crippen molar-refractivity contribution in [1.29, 1.82) is 0 Å². The van der Waals surface area contributed by atoms with E-state index in [0.717, 1.165) is 6.54 Å². The molecule has 13 heavy (non-hydrogen) atoms. The Morgan fingerprint density at radius 3 is 2.77 bits per heavy atom. The third-order valence-corrected chi connectivity index (χ3v) is 2.66. The highest BCUT2D eigenvalue weighted by Crippen LogP contribution is 2.10. The van der Waals surface area contributed by atoms with Gasteiger partial charge in [0.1, 0.15) is 12.1 Å². The van der Waals surface area contributed by atoms with E-state index in [9.17, 15) is 0 Å². The maximum absolute atomic E-state index is 2.26. The monoisotopic (exact) mass is 175 g/mol. The molecular weight excluding hydrogens is 160 g/mol. The van der Waals surface area contributed by atoms with Crippen molar-refractivity contribution in [3.8, 4) is 0 Å². The molecule has 2 nitrogen and oxygen atoms in total. The molecule has 2 aromatic rings. The SMILES string of the molecule is CC[n+]1ccn2c(C)ccc2c1C. The minimum Gasteiger partial charge on any atom is -0.310 e. The first kappa shape index (κ1) is 8.30. The van der Waals surface area contributed by atoms with Crippen LogP contribution in [0.2, 0.25) is 0 Å². The lowest BCUT2D eigenvalue weighted by atomic mass is 10.3. The van der Waals surface area contributed by atoms with Crippen LogP contribution in [0.25, 0.3) is 5.52 Å². The van der Waals surface area contributed by atoms with Gasteiger partial charge in [0.15, 0.2) is 6.20 Å². The van der Waals surface area contributed by atoms with Crippen LogP contribution in [0, 0.1) is 13.8 Å². The molecule has 2 heterocycles. The van der Waals surface area contributed by atoms with E-state index in [1.54, 1.807) is 0 Å². The Kier molecular flexibility index (Phi) is 1.83. The van der Waals surface area contributed by atoms with Gasteiger partial charge in [0.05, 0.1) is 6.20 Å². The Morgan fingerprint density at radius 1 is 1.31 bits per heavy atom. The minimum absolute atomic E-state index is 1.03. The van der Waals surface area contributed by atoms with Crippen LogP contribution < -0.4 is 4.57 Å². The summed E-state index contributed by atoms with van der Waals surface area (Å²) in [5.74, 6) is 0. The lowest BCUT2D eigenvalue weighted by Crippen LogP contribution is -2.35. The average molecular weight is 175 g/mol. The van der Waals surface area contributed by atoms with Gasteiger partial charge in [-0.3, -0.25) is 0 Å². The van der Waals surface area contributed by atoms with E-state index >= 15 is 0 Å². The van der Waals surface area contributed by atoms with Crippen LogP contribution in [-0.2, 0) is 6.54 Å². The third-order valence-electron chi connectivity index (χ3n) is 2.66. The van der Waals surface area contributed by atoms with Crippen LogP contribution in [0.5, 0.6) is 0 Å². The third kappa shape index (κ3) is 1.13. The van der Waals surface area contributed by atoms with Crippen molar-refractivity contribution in [2.75, 3.05) is 0 Å². The van der Waals surface area contributed by atoms with Gasteiger partial charge >= 0.3 is 0 Å². The number of hydrogen-bond donors (Lipinski definition) is 0. The normalized spacial score (nSPS) is 11.0. The Morgan fingerprint density at radius 2 is 2.08 bits per heavy atom. The fraction of sp³-hybridized carbons (Fsp3) is 0.364. The predicted octanol–water partition coefficient (Wildman–Crippen LogP) is 1.86. The second-order valence-electron chi connectivity index (χ2n) is 3.40. The van der Waals surface area contributed by atoms with Gasteiger partial charge in [-0.15, -0.1) is 0 Å². The Balaban J connectivity index is 2.80. The number of rotatable bonds is 1. The molecular formula is C11H15N2+. The lowest BCUT2D eigenvalue weighted by Gasteiger charge is -2.01. The molecule has 2 rings (SSSR count). The van der Waals surface area contributed by atoms with Gasteiger partial charge in [0.2, 0.25) is 5.69 Å². The number of hydrogen-bond acceptors (Lipinski definition) is 0. The van der Waals surface area contributed by atoms with Gasteiger partial charge in [-0.25, -0.2) is 0 Å². The Labute approximate surface area is 78.4 Å². The van der Waals surface area contributed by atoms with Crippen LogP contribution >= 0.6 is 0 Å². The second-order valence-corrected chi connectivity index (χ2v) is 3.40. The summed E-state index contributed by atoms with van der Waals surface area (Å²) in [6, 6.07) is 4.33. The zero-order chi connectivity index (χ0) is 9.42. The van der Waals surface area contributed by atoms with Gasteiger partial charge < -0.3 is 4.40 Å². The zero-order valence-electron chi connectivity index (χ0n) is 8.41. The van der Waals surface area contributed by atoms with E-state index in [-0.39, 0.29) is 0 Å². The molecule has 0 saturated heterocycles. The molecule has 0 aliphatic heterocycles. The standard InChI is InChI=1S/C11H15N2/c1-4-12-7-8-13-9(2)5-6-11(13)10(12)3/h5-8H,4H2,1-3H3/q+1. The van der Waals surface area contributed by atoms with Gasteiger partial charge in [-0.2, -0.15) is 4.57 Å². The zero-order valence-corrected chi connectivity index (χ0v) is 8.41. The van der Waals surface area contributed by atoms with Gasteiger partial charge in [-0.05, 0) is 26.0 Å². The first-order chi connectivity index (χ1) is 6.24. The van der Waals surface area contributed by atoms with Crippen LogP contribution in [-0.4, -0.2) is 4.40 Å². The quantitative estimate of drug-likeness (QED) is 0.585. The van der Waals surface area contributed by atoms with E-state index in [4.69, 9.17) is 0 Å². The highest BCUT2D eigenvalue weighted by Gasteiger charge is 2.09.